The van der Waals surface area contributed by atoms with Crippen LogP contribution in [0.5, 0.6) is 0 Å². The third-order valence-electron chi connectivity index (χ3n) is 2.67. The van der Waals surface area contributed by atoms with Crippen molar-refractivity contribution in [2.45, 2.75) is 26.7 Å². The van der Waals surface area contributed by atoms with Crippen molar-refractivity contribution in [3.8, 4) is 0 Å². The van der Waals surface area contributed by atoms with Crippen molar-refractivity contribution in [1.82, 2.24) is 5.32 Å². The Morgan fingerprint density at radius 2 is 1.93 bits per heavy atom. The van der Waals surface area contributed by atoms with Crippen molar-refractivity contribution in [2.75, 3.05) is 19.7 Å². The molecule has 2 heteroatoms. The SMILES string of the molecule is Cc1ccc(CCNCCCO)cc1C. The zero-order chi connectivity index (χ0) is 11.1. The lowest BCUT2D eigenvalue weighted by atomic mass is 10.0. The summed E-state index contributed by atoms with van der Waals surface area (Å²) in [6.45, 7) is 6.46. The average Bonchev–Trinajstić information content (AvgIpc) is 2.23. The van der Waals surface area contributed by atoms with E-state index in [4.69, 9.17) is 5.11 Å². The molecule has 0 saturated carbocycles. The van der Waals surface area contributed by atoms with Gasteiger partial charge in [0, 0.05) is 6.61 Å². The first-order valence-electron chi connectivity index (χ1n) is 5.61. The molecule has 1 rings (SSSR count). The Balaban J connectivity index is 2.28. The van der Waals surface area contributed by atoms with Crippen molar-refractivity contribution in [3.63, 3.8) is 0 Å². The second-order valence-electron chi connectivity index (χ2n) is 4.00. The summed E-state index contributed by atoms with van der Waals surface area (Å²) in [6.07, 6.45) is 1.90. The first-order valence-corrected chi connectivity index (χ1v) is 5.61. The lowest BCUT2D eigenvalue weighted by Crippen LogP contribution is -2.19. The minimum Gasteiger partial charge on any atom is -0.396 e. The summed E-state index contributed by atoms with van der Waals surface area (Å²) in [6, 6.07) is 6.62. The summed E-state index contributed by atoms with van der Waals surface area (Å²) in [7, 11) is 0. The van der Waals surface area contributed by atoms with Crippen LogP contribution in [0, 0.1) is 13.8 Å². The maximum Gasteiger partial charge on any atom is 0.0443 e. The van der Waals surface area contributed by atoms with Gasteiger partial charge >= 0.3 is 0 Å². The topological polar surface area (TPSA) is 32.3 Å². The molecule has 15 heavy (non-hydrogen) atoms. The molecule has 2 nitrogen and oxygen atoms in total. The molecule has 1 aromatic carbocycles. The maximum absolute atomic E-state index is 8.61. The molecule has 0 saturated heterocycles. The first-order chi connectivity index (χ1) is 7.24. The Kier molecular flexibility index (Phi) is 5.37. The molecule has 84 valence electrons. The van der Waals surface area contributed by atoms with E-state index >= 15 is 0 Å². The van der Waals surface area contributed by atoms with Crippen molar-refractivity contribution in [1.29, 1.82) is 0 Å². The number of hydrogen-bond acceptors (Lipinski definition) is 2. The molecule has 0 atom stereocenters. The molecule has 0 spiro atoms. The molecule has 0 aliphatic rings. The smallest absolute Gasteiger partial charge is 0.0443 e. The van der Waals surface area contributed by atoms with E-state index in [1.807, 2.05) is 0 Å². The summed E-state index contributed by atoms with van der Waals surface area (Å²) in [5, 5.41) is 11.9. The van der Waals surface area contributed by atoms with Gasteiger partial charge in [0.1, 0.15) is 0 Å². The van der Waals surface area contributed by atoms with E-state index in [2.05, 4.69) is 37.4 Å². The zero-order valence-electron chi connectivity index (χ0n) is 9.71. The maximum atomic E-state index is 8.61. The molecule has 0 heterocycles. The van der Waals surface area contributed by atoms with E-state index in [1.54, 1.807) is 0 Å². The molecular formula is C13H21NO. The van der Waals surface area contributed by atoms with E-state index in [-0.39, 0.29) is 6.61 Å². The van der Waals surface area contributed by atoms with Gasteiger partial charge in [-0.3, -0.25) is 0 Å². The van der Waals surface area contributed by atoms with Gasteiger partial charge in [-0.15, -0.1) is 0 Å². The van der Waals surface area contributed by atoms with E-state index in [0.717, 1.165) is 25.9 Å². The fraction of sp³-hybridized carbons (Fsp3) is 0.538. The van der Waals surface area contributed by atoms with Gasteiger partial charge in [0.05, 0.1) is 0 Å². The lowest BCUT2D eigenvalue weighted by molar-refractivity contribution is 0.286. The third kappa shape index (κ3) is 4.45. The summed E-state index contributed by atoms with van der Waals surface area (Å²) in [4.78, 5) is 0. The van der Waals surface area contributed by atoms with Crippen molar-refractivity contribution < 1.29 is 5.11 Å². The number of nitrogens with one attached hydrogen (secondary N) is 1. The Hall–Kier alpha value is -0.860. The molecule has 0 fully saturated rings. The third-order valence-corrected chi connectivity index (χ3v) is 2.67. The highest BCUT2D eigenvalue weighted by Gasteiger charge is 1.96. The fourth-order valence-electron chi connectivity index (χ4n) is 1.52. The van der Waals surface area contributed by atoms with E-state index in [0.29, 0.717) is 0 Å². The largest absolute Gasteiger partial charge is 0.396 e. The van der Waals surface area contributed by atoms with Crippen LogP contribution in [-0.4, -0.2) is 24.8 Å². The number of aliphatic hydroxyl groups excluding tert-OH is 1. The average molecular weight is 207 g/mol. The molecule has 0 unspecified atom stereocenters. The van der Waals surface area contributed by atoms with Crippen LogP contribution in [0.1, 0.15) is 23.1 Å². The predicted octanol–water partition coefficient (Wildman–Crippen LogP) is 1.82. The second-order valence-corrected chi connectivity index (χ2v) is 4.00. The highest BCUT2D eigenvalue weighted by atomic mass is 16.3. The number of aryl methyl sites for hydroxylation is 2. The first kappa shape index (κ1) is 12.2. The molecule has 0 bridgehead atoms. The van der Waals surface area contributed by atoms with Crippen LogP contribution in [0.4, 0.5) is 0 Å². The number of hydrogen-bond donors (Lipinski definition) is 2. The van der Waals surface area contributed by atoms with Gasteiger partial charge in [0.15, 0.2) is 0 Å². The minimum atomic E-state index is 0.274. The van der Waals surface area contributed by atoms with Gasteiger partial charge in [-0.1, -0.05) is 18.2 Å². The predicted molar refractivity (Wildman–Crippen MR) is 64.2 cm³/mol. The Labute approximate surface area is 92.3 Å². The summed E-state index contributed by atoms with van der Waals surface area (Å²) in [5.41, 5.74) is 4.10. The highest BCUT2D eigenvalue weighted by molar-refractivity contribution is 5.29. The van der Waals surface area contributed by atoms with Gasteiger partial charge in [0.2, 0.25) is 0 Å². The zero-order valence-corrected chi connectivity index (χ0v) is 9.71. The van der Waals surface area contributed by atoms with Crippen LogP contribution < -0.4 is 5.32 Å². The van der Waals surface area contributed by atoms with Crippen LogP contribution >= 0.6 is 0 Å². The van der Waals surface area contributed by atoms with Gasteiger partial charge < -0.3 is 10.4 Å². The molecule has 1 aromatic rings. The van der Waals surface area contributed by atoms with Gasteiger partial charge in [-0.25, -0.2) is 0 Å². The number of aliphatic hydroxyl groups is 1. The van der Waals surface area contributed by atoms with Gasteiger partial charge in [0.25, 0.3) is 0 Å². The van der Waals surface area contributed by atoms with Gasteiger partial charge in [-0.05, 0) is 56.5 Å². The highest BCUT2D eigenvalue weighted by Crippen LogP contribution is 2.09. The molecule has 0 aliphatic carbocycles. The van der Waals surface area contributed by atoms with Crippen LogP contribution in [0.3, 0.4) is 0 Å². The van der Waals surface area contributed by atoms with Crippen LogP contribution in [0.25, 0.3) is 0 Å². The number of benzene rings is 1. The Morgan fingerprint density at radius 3 is 2.60 bits per heavy atom. The van der Waals surface area contributed by atoms with Crippen molar-refractivity contribution >= 4 is 0 Å². The second kappa shape index (κ2) is 6.59. The quantitative estimate of drug-likeness (QED) is 0.697. The Bertz CT molecular complexity index is 297. The van der Waals surface area contributed by atoms with Crippen molar-refractivity contribution in [3.05, 3.63) is 34.9 Å². The summed E-state index contributed by atoms with van der Waals surface area (Å²) < 4.78 is 0. The monoisotopic (exact) mass is 207 g/mol. The van der Waals surface area contributed by atoms with Crippen molar-refractivity contribution in [2.24, 2.45) is 0 Å². The van der Waals surface area contributed by atoms with Crippen LogP contribution in [0.15, 0.2) is 18.2 Å². The van der Waals surface area contributed by atoms with Crippen LogP contribution in [-0.2, 0) is 6.42 Å². The van der Waals surface area contributed by atoms with Crippen LogP contribution in [0.2, 0.25) is 0 Å². The van der Waals surface area contributed by atoms with E-state index < -0.39 is 0 Å². The molecule has 0 amide bonds. The van der Waals surface area contributed by atoms with Gasteiger partial charge in [-0.2, -0.15) is 0 Å². The number of rotatable bonds is 6. The Morgan fingerprint density at radius 1 is 1.13 bits per heavy atom. The molecule has 2 N–H and O–H groups in total. The normalized spacial score (nSPS) is 10.6. The van der Waals surface area contributed by atoms with E-state index in [1.165, 1.54) is 16.7 Å². The summed E-state index contributed by atoms with van der Waals surface area (Å²) in [5.74, 6) is 0. The fourth-order valence-corrected chi connectivity index (χ4v) is 1.52. The minimum absolute atomic E-state index is 0.274. The molecule has 0 aromatic heterocycles. The molecule has 0 radical (unpaired) electrons. The standard InChI is InChI=1S/C13H21NO/c1-11-4-5-13(10-12(11)2)6-8-14-7-3-9-15/h4-5,10,14-15H,3,6-9H2,1-2H3. The summed E-state index contributed by atoms with van der Waals surface area (Å²) >= 11 is 0. The molecule has 0 aliphatic heterocycles. The molecular weight excluding hydrogens is 186 g/mol. The lowest BCUT2D eigenvalue weighted by Gasteiger charge is -2.06. The van der Waals surface area contributed by atoms with E-state index in [9.17, 15) is 0 Å².